The van der Waals surface area contributed by atoms with E-state index in [1.165, 1.54) is 12.1 Å². The third-order valence-electron chi connectivity index (χ3n) is 4.86. The van der Waals surface area contributed by atoms with Crippen LogP contribution < -0.4 is 0 Å². The molecule has 12 heteroatoms. The van der Waals surface area contributed by atoms with Gasteiger partial charge in [0, 0.05) is 6.07 Å². The highest BCUT2D eigenvalue weighted by atomic mass is 16.6. The first-order valence-corrected chi connectivity index (χ1v) is 9.38. The molecule has 0 saturated carbocycles. The number of nitrogens with one attached hydrogen (secondary N) is 1. The van der Waals surface area contributed by atoms with Crippen LogP contribution in [0.25, 0.3) is 16.6 Å². The predicted octanol–water partition coefficient (Wildman–Crippen LogP) is 2.10. The van der Waals surface area contributed by atoms with E-state index in [1.54, 1.807) is 30.3 Å². The Balaban J connectivity index is 1.47. The number of fused-ring (bicyclic) bond motifs is 2. The molecule has 164 valence electrons. The zero-order valence-corrected chi connectivity index (χ0v) is 16.6. The summed E-state index contributed by atoms with van der Waals surface area (Å²) in [7, 11) is 0. The van der Waals surface area contributed by atoms with E-state index in [9.17, 15) is 34.9 Å². The van der Waals surface area contributed by atoms with Crippen molar-refractivity contribution in [3.8, 4) is 6.07 Å². The summed E-state index contributed by atoms with van der Waals surface area (Å²) in [6, 6.07) is 12.3. The monoisotopic (exact) mass is 447 g/mol. The molecule has 0 fully saturated rings. The van der Waals surface area contributed by atoms with Gasteiger partial charge in [-0.3, -0.25) is 29.4 Å². The molecule has 0 spiro atoms. The third kappa shape index (κ3) is 3.74. The molecule has 12 nitrogen and oxygen atoms in total. The number of H-pyrrole nitrogens is 1. The van der Waals surface area contributed by atoms with Crippen molar-refractivity contribution in [3.63, 3.8) is 0 Å². The molecule has 33 heavy (non-hydrogen) atoms. The van der Waals surface area contributed by atoms with Crippen LogP contribution in [0, 0.1) is 21.4 Å². The number of nitriles is 1. The zero-order chi connectivity index (χ0) is 23.7. The van der Waals surface area contributed by atoms with Crippen LogP contribution in [0.4, 0.5) is 5.69 Å². The summed E-state index contributed by atoms with van der Waals surface area (Å²) in [5.74, 6) is -3.47. The van der Waals surface area contributed by atoms with Crippen LogP contribution in [0.2, 0.25) is 0 Å². The van der Waals surface area contributed by atoms with Crippen LogP contribution in [0.5, 0.6) is 0 Å². The Morgan fingerprint density at radius 3 is 2.67 bits per heavy atom. The fraction of sp³-hybridized carbons (Fsp3) is 0.0952. The second-order valence-electron chi connectivity index (χ2n) is 6.85. The van der Waals surface area contributed by atoms with Crippen molar-refractivity contribution in [1.82, 2.24) is 14.9 Å². The van der Waals surface area contributed by atoms with E-state index in [2.05, 4.69) is 9.97 Å². The summed E-state index contributed by atoms with van der Waals surface area (Å²) in [4.78, 5) is 55.1. The highest BCUT2D eigenvalue weighted by Gasteiger charge is 2.42. The minimum absolute atomic E-state index is 0.0694. The van der Waals surface area contributed by atoms with E-state index < -0.39 is 52.9 Å². The standard InChI is InChI=1S/C21H13N5O7/c22-8-12(19-23-13-5-1-2-6-14(13)24-19)16(27)10-33-17(28)9-25-20(29)11-4-3-7-15(26(31)32)18(11)21(25)30/h1-7,27H,9-10H2,(H,23,24)/b16-12+. The summed E-state index contributed by atoms with van der Waals surface area (Å²) in [5.41, 5.74) is -0.210. The Hall–Kier alpha value is -5.05. The number of rotatable bonds is 6. The Kier molecular flexibility index (Phi) is 5.29. The van der Waals surface area contributed by atoms with Gasteiger partial charge in [-0.15, -0.1) is 0 Å². The fourth-order valence-electron chi connectivity index (χ4n) is 3.33. The molecule has 1 aromatic heterocycles. The van der Waals surface area contributed by atoms with E-state index in [-0.39, 0.29) is 17.0 Å². The average Bonchev–Trinajstić information content (AvgIpc) is 3.33. The average molecular weight is 447 g/mol. The van der Waals surface area contributed by atoms with Crippen LogP contribution in [0.1, 0.15) is 26.5 Å². The Morgan fingerprint density at radius 1 is 1.21 bits per heavy atom. The van der Waals surface area contributed by atoms with Gasteiger partial charge in [-0.05, 0) is 18.2 Å². The summed E-state index contributed by atoms with van der Waals surface area (Å²) in [6.45, 7) is -1.55. The van der Waals surface area contributed by atoms with Gasteiger partial charge in [0.1, 0.15) is 30.4 Å². The molecular weight excluding hydrogens is 434 g/mol. The number of hydrogen-bond acceptors (Lipinski definition) is 9. The first-order chi connectivity index (χ1) is 15.8. The number of aromatic amines is 1. The molecule has 0 radical (unpaired) electrons. The number of ether oxygens (including phenoxy) is 1. The number of benzene rings is 2. The van der Waals surface area contributed by atoms with E-state index in [4.69, 9.17) is 4.74 Å². The van der Waals surface area contributed by atoms with Crippen molar-refractivity contribution in [1.29, 1.82) is 5.26 Å². The first kappa shape index (κ1) is 21.2. The van der Waals surface area contributed by atoms with Gasteiger partial charge >= 0.3 is 5.97 Å². The molecule has 2 heterocycles. The first-order valence-electron chi connectivity index (χ1n) is 9.38. The van der Waals surface area contributed by atoms with Gasteiger partial charge < -0.3 is 14.8 Å². The van der Waals surface area contributed by atoms with Gasteiger partial charge in [-0.2, -0.15) is 5.26 Å². The van der Waals surface area contributed by atoms with Crippen LogP contribution in [0.15, 0.2) is 48.2 Å². The number of esters is 1. The lowest BCUT2D eigenvalue weighted by atomic mass is 10.1. The molecule has 0 atom stereocenters. The lowest BCUT2D eigenvalue weighted by molar-refractivity contribution is -0.385. The molecule has 1 aliphatic rings. The van der Waals surface area contributed by atoms with Gasteiger partial charge in [-0.1, -0.05) is 18.2 Å². The molecule has 0 unspecified atom stereocenters. The number of nitro groups is 1. The topological polar surface area (TPSA) is 180 Å². The third-order valence-corrected chi connectivity index (χ3v) is 4.86. The molecule has 0 saturated heterocycles. The molecule has 3 aromatic rings. The number of aromatic nitrogens is 2. The van der Waals surface area contributed by atoms with Crippen LogP contribution >= 0.6 is 0 Å². The highest BCUT2D eigenvalue weighted by Crippen LogP contribution is 2.30. The van der Waals surface area contributed by atoms with Crippen molar-refractivity contribution >= 4 is 40.1 Å². The molecule has 0 bridgehead atoms. The second-order valence-corrected chi connectivity index (χ2v) is 6.85. The van der Waals surface area contributed by atoms with Gasteiger partial charge in [0.2, 0.25) is 0 Å². The number of amides is 2. The summed E-state index contributed by atoms with van der Waals surface area (Å²) < 4.78 is 4.90. The molecule has 1 aliphatic heterocycles. The van der Waals surface area contributed by atoms with Crippen molar-refractivity contribution < 1.29 is 29.2 Å². The number of allylic oxidation sites excluding steroid dienone is 1. The van der Waals surface area contributed by atoms with Crippen molar-refractivity contribution in [2.75, 3.05) is 13.2 Å². The Labute approximate surface area is 184 Å². The number of imide groups is 1. The summed E-state index contributed by atoms with van der Waals surface area (Å²) in [5, 5.41) is 30.8. The smallest absolute Gasteiger partial charge is 0.326 e. The van der Waals surface area contributed by atoms with E-state index in [1.807, 2.05) is 0 Å². The minimum atomic E-state index is -1.07. The molecule has 2 N–H and O–H groups in total. The Morgan fingerprint density at radius 2 is 1.97 bits per heavy atom. The van der Waals surface area contributed by atoms with Gasteiger partial charge in [0.25, 0.3) is 17.5 Å². The maximum Gasteiger partial charge on any atom is 0.326 e. The zero-order valence-electron chi connectivity index (χ0n) is 16.6. The minimum Gasteiger partial charge on any atom is -0.507 e. The summed E-state index contributed by atoms with van der Waals surface area (Å²) >= 11 is 0. The number of imidazole rings is 1. The number of para-hydroxylation sites is 2. The maximum absolute atomic E-state index is 12.5. The molecule has 0 aliphatic carbocycles. The molecule has 4 rings (SSSR count). The number of nitro benzene ring substituents is 1. The molecule has 2 amide bonds. The van der Waals surface area contributed by atoms with Crippen LogP contribution in [-0.2, 0) is 9.53 Å². The van der Waals surface area contributed by atoms with Crippen LogP contribution in [0.3, 0.4) is 0 Å². The molecule has 2 aromatic carbocycles. The largest absolute Gasteiger partial charge is 0.507 e. The number of carbonyl (C=O) groups excluding carboxylic acids is 3. The quantitative estimate of drug-likeness (QED) is 0.143. The Bertz CT molecular complexity index is 1380. The number of aliphatic hydroxyl groups is 1. The van der Waals surface area contributed by atoms with Crippen molar-refractivity contribution in [3.05, 3.63) is 75.3 Å². The highest BCUT2D eigenvalue weighted by molar-refractivity contribution is 6.24. The SMILES string of the molecule is N#C/C(=C(\O)COC(=O)CN1C(=O)c2cccc([N+](=O)[O-])c2C1=O)c1nc2ccccc2[nH]1. The van der Waals surface area contributed by atoms with Crippen molar-refractivity contribution in [2.45, 2.75) is 0 Å². The van der Waals surface area contributed by atoms with Gasteiger partial charge in [0.05, 0.1) is 21.5 Å². The van der Waals surface area contributed by atoms with E-state index >= 15 is 0 Å². The number of nitrogens with zero attached hydrogens (tertiary/aromatic N) is 4. The predicted molar refractivity (Wildman–Crippen MR) is 111 cm³/mol. The van der Waals surface area contributed by atoms with Gasteiger partial charge in [0.15, 0.2) is 11.6 Å². The van der Waals surface area contributed by atoms with Gasteiger partial charge in [-0.25, -0.2) is 4.98 Å². The number of aliphatic hydroxyl groups excluding tert-OH is 1. The second kappa shape index (κ2) is 8.23. The van der Waals surface area contributed by atoms with Crippen LogP contribution in [-0.4, -0.2) is 55.8 Å². The fourth-order valence-corrected chi connectivity index (χ4v) is 3.33. The van der Waals surface area contributed by atoms with E-state index in [0.717, 1.165) is 6.07 Å². The van der Waals surface area contributed by atoms with Crippen molar-refractivity contribution in [2.24, 2.45) is 0 Å². The molecular formula is C21H13N5O7. The number of carbonyl (C=O) groups is 3. The maximum atomic E-state index is 12.5. The van der Waals surface area contributed by atoms with E-state index in [0.29, 0.717) is 15.9 Å². The number of hydrogen-bond donors (Lipinski definition) is 2. The normalized spacial score (nSPS) is 13.5. The lowest BCUT2D eigenvalue weighted by Gasteiger charge is -2.13. The lowest BCUT2D eigenvalue weighted by Crippen LogP contribution is -2.36. The summed E-state index contributed by atoms with van der Waals surface area (Å²) in [6.07, 6.45) is 0.